The van der Waals surface area contributed by atoms with Crippen molar-refractivity contribution in [2.24, 2.45) is 0 Å². The maximum Gasteiger partial charge on any atom is 0.178 e. The summed E-state index contributed by atoms with van der Waals surface area (Å²) in [5.74, 6) is 0.939. The molecular weight excluding hydrogens is 370 g/mol. The molecule has 2 saturated heterocycles. The van der Waals surface area contributed by atoms with Crippen LogP contribution in [0.15, 0.2) is 24.5 Å². The topological polar surface area (TPSA) is 83.8 Å². The summed E-state index contributed by atoms with van der Waals surface area (Å²) in [6.45, 7) is 10.3. The van der Waals surface area contributed by atoms with Gasteiger partial charge >= 0.3 is 0 Å². The Bertz CT molecular complexity index is 976. The van der Waals surface area contributed by atoms with Crippen LogP contribution in [0.3, 0.4) is 0 Å². The van der Waals surface area contributed by atoms with Gasteiger partial charge < -0.3 is 19.3 Å². The summed E-state index contributed by atoms with van der Waals surface area (Å²) in [6, 6.07) is 4.38. The van der Waals surface area contributed by atoms with E-state index in [-0.39, 0.29) is 18.2 Å². The SMILES string of the molecule is C[C@@H]1CN(c2cc(N3CCOC[C@H]3C)nn3c(-c4ccn[nH]4)cnc23)C[C@H](C)O1. The maximum absolute atomic E-state index is 5.95. The third kappa shape index (κ3) is 3.34. The van der Waals surface area contributed by atoms with E-state index in [4.69, 9.17) is 19.6 Å². The number of aromatic amines is 1. The van der Waals surface area contributed by atoms with Gasteiger partial charge in [0.25, 0.3) is 0 Å². The molecule has 0 bridgehead atoms. The zero-order chi connectivity index (χ0) is 20.0. The first kappa shape index (κ1) is 18.4. The summed E-state index contributed by atoms with van der Waals surface area (Å²) in [5, 5.41) is 12.1. The molecule has 2 fully saturated rings. The lowest BCUT2D eigenvalue weighted by Crippen LogP contribution is -2.46. The van der Waals surface area contributed by atoms with Gasteiger partial charge in [-0.15, -0.1) is 5.10 Å². The number of aromatic nitrogens is 5. The van der Waals surface area contributed by atoms with Crippen LogP contribution in [-0.2, 0) is 9.47 Å². The second-order valence-corrected chi connectivity index (χ2v) is 8.02. The molecule has 3 aromatic rings. The van der Waals surface area contributed by atoms with E-state index in [1.807, 2.05) is 16.8 Å². The van der Waals surface area contributed by atoms with Crippen molar-refractivity contribution in [1.82, 2.24) is 24.8 Å². The maximum atomic E-state index is 5.95. The minimum atomic E-state index is 0.166. The Morgan fingerprint density at radius 1 is 1.17 bits per heavy atom. The Hall–Kier alpha value is -2.65. The Morgan fingerprint density at radius 3 is 2.72 bits per heavy atom. The van der Waals surface area contributed by atoms with Gasteiger partial charge in [-0.1, -0.05) is 0 Å². The molecule has 2 aliphatic rings. The number of H-pyrrole nitrogens is 1. The van der Waals surface area contributed by atoms with Gasteiger partial charge in [-0.05, 0) is 26.8 Å². The lowest BCUT2D eigenvalue weighted by molar-refractivity contribution is -0.00516. The molecule has 3 aromatic heterocycles. The number of hydrogen-bond acceptors (Lipinski definition) is 7. The van der Waals surface area contributed by atoms with Crippen molar-refractivity contribution < 1.29 is 9.47 Å². The molecule has 0 saturated carbocycles. The van der Waals surface area contributed by atoms with Gasteiger partial charge in [0.1, 0.15) is 5.69 Å². The highest BCUT2D eigenvalue weighted by Gasteiger charge is 2.28. The molecule has 3 atom stereocenters. The van der Waals surface area contributed by atoms with E-state index in [9.17, 15) is 0 Å². The van der Waals surface area contributed by atoms with Crippen molar-refractivity contribution in [2.45, 2.75) is 39.0 Å². The molecule has 9 nitrogen and oxygen atoms in total. The van der Waals surface area contributed by atoms with Crippen molar-refractivity contribution in [1.29, 1.82) is 0 Å². The fourth-order valence-corrected chi connectivity index (χ4v) is 4.34. The summed E-state index contributed by atoms with van der Waals surface area (Å²) < 4.78 is 13.5. The molecular formula is C20H27N7O2. The summed E-state index contributed by atoms with van der Waals surface area (Å²) >= 11 is 0. The quantitative estimate of drug-likeness (QED) is 0.723. The molecule has 29 heavy (non-hydrogen) atoms. The number of anilines is 2. The standard InChI is InChI=1S/C20H27N7O2/c1-13-12-28-7-6-26(13)19-8-17(25-10-14(2)29-15(3)11-25)20-21-9-18(27(20)24-19)16-4-5-22-23-16/h4-5,8-9,13-15H,6-7,10-12H2,1-3H3,(H,22,23)/t13-,14-,15+/m1/s1. The van der Waals surface area contributed by atoms with Crippen molar-refractivity contribution >= 4 is 17.2 Å². The largest absolute Gasteiger partial charge is 0.377 e. The Balaban J connectivity index is 1.66. The number of nitrogens with zero attached hydrogens (tertiary/aromatic N) is 6. The molecule has 154 valence electrons. The van der Waals surface area contributed by atoms with Crippen LogP contribution in [0.2, 0.25) is 0 Å². The second kappa shape index (κ2) is 7.31. The van der Waals surface area contributed by atoms with Crippen molar-refractivity contribution in [3.8, 4) is 11.4 Å². The molecule has 0 unspecified atom stereocenters. The fraction of sp³-hybridized carbons (Fsp3) is 0.550. The monoisotopic (exact) mass is 397 g/mol. The average molecular weight is 397 g/mol. The molecule has 5 rings (SSSR count). The zero-order valence-corrected chi connectivity index (χ0v) is 17.1. The molecule has 2 aliphatic heterocycles. The van der Waals surface area contributed by atoms with Crippen molar-refractivity contribution in [3.05, 3.63) is 24.5 Å². The zero-order valence-electron chi connectivity index (χ0n) is 17.1. The van der Waals surface area contributed by atoms with Crippen LogP contribution in [0.25, 0.3) is 17.0 Å². The van der Waals surface area contributed by atoms with Crippen LogP contribution in [-0.4, -0.2) is 75.9 Å². The van der Waals surface area contributed by atoms with Crippen molar-refractivity contribution in [3.63, 3.8) is 0 Å². The lowest BCUT2D eigenvalue weighted by Gasteiger charge is -2.38. The molecule has 5 heterocycles. The van der Waals surface area contributed by atoms with Crippen LogP contribution in [0.4, 0.5) is 11.5 Å². The van der Waals surface area contributed by atoms with E-state index < -0.39 is 0 Å². The Kier molecular flexibility index (Phi) is 4.63. The number of ether oxygens (including phenoxy) is 2. The average Bonchev–Trinajstić information content (AvgIpc) is 3.36. The minimum absolute atomic E-state index is 0.166. The van der Waals surface area contributed by atoms with E-state index in [0.29, 0.717) is 13.2 Å². The first-order valence-electron chi connectivity index (χ1n) is 10.2. The second-order valence-electron chi connectivity index (χ2n) is 8.02. The van der Waals surface area contributed by atoms with Gasteiger partial charge in [0.05, 0.1) is 49.0 Å². The highest BCUT2D eigenvalue weighted by Crippen LogP contribution is 2.31. The fourth-order valence-electron chi connectivity index (χ4n) is 4.34. The van der Waals surface area contributed by atoms with E-state index in [2.05, 4.69) is 46.8 Å². The van der Waals surface area contributed by atoms with Gasteiger partial charge in [0.2, 0.25) is 0 Å². The van der Waals surface area contributed by atoms with Crippen molar-refractivity contribution in [2.75, 3.05) is 42.6 Å². The molecule has 9 heteroatoms. The van der Waals surface area contributed by atoms with Gasteiger partial charge in [-0.3, -0.25) is 5.10 Å². The number of hydrogen-bond donors (Lipinski definition) is 1. The van der Waals surface area contributed by atoms with E-state index in [1.165, 1.54) is 0 Å². The Labute approximate surface area is 169 Å². The molecule has 0 aliphatic carbocycles. The first-order chi connectivity index (χ1) is 14.1. The summed E-state index contributed by atoms with van der Waals surface area (Å²) in [4.78, 5) is 9.42. The van der Waals surface area contributed by atoms with E-state index in [0.717, 1.165) is 48.2 Å². The van der Waals surface area contributed by atoms with E-state index in [1.54, 1.807) is 6.20 Å². The molecule has 1 N–H and O–H groups in total. The molecule has 0 radical (unpaired) electrons. The normalized spacial score (nSPS) is 25.7. The molecule has 0 amide bonds. The van der Waals surface area contributed by atoms with Gasteiger partial charge in [0, 0.05) is 31.9 Å². The predicted octanol–water partition coefficient (Wildman–Crippen LogP) is 1.96. The number of imidazole rings is 1. The van der Waals surface area contributed by atoms with Crippen LogP contribution < -0.4 is 9.80 Å². The van der Waals surface area contributed by atoms with Crippen LogP contribution in [0.1, 0.15) is 20.8 Å². The predicted molar refractivity (Wildman–Crippen MR) is 110 cm³/mol. The summed E-state index contributed by atoms with van der Waals surface area (Å²) in [5.41, 5.74) is 3.73. The summed E-state index contributed by atoms with van der Waals surface area (Å²) in [7, 11) is 0. The number of nitrogens with one attached hydrogen (secondary N) is 1. The number of fused-ring (bicyclic) bond motifs is 1. The Morgan fingerprint density at radius 2 is 2.00 bits per heavy atom. The minimum Gasteiger partial charge on any atom is -0.377 e. The third-order valence-corrected chi connectivity index (χ3v) is 5.63. The number of rotatable bonds is 3. The van der Waals surface area contributed by atoms with Crippen LogP contribution in [0.5, 0.6) is 0 Å². The van der Waals surface area contributed by atoms with Crippen LogP contribution >= 0.6 is 0 Å². The lowest BCUT2D eigenvalue weighted by atomic mass is 10.2. The smallest absolute Gasteiger partial charge is 0.178 e. The van der Waals surface area contributed by atoms with Crippen LogP contribution in [0, 0.1) is 0 Å². The summed E-state index contributed by atoms with van der Waals surface area (Å²) in [6.07, 6.45) is 3.94. The highest BCUT2D eigenvalue weighted by molar-refractivity contribution is 5.75. The molecule has 0 aromatic carbocycles. The first-order valence-corrected chi connectivity index (χ1v) is 10.2. The molecule has 0 spiro atoms. The highest BCUT2D eigenvalue weighted by atomic mass is 16.5. The number of morpholine rings is 2. The van der Waals surface area contributed by atoms with Gasteiger partial charge in [-0.2, -0.15) is 5.10 Å². The third-order valence-electron chi connectivity index (χ3n) is 5.63. The van der Waals surface area contributed by atoms with Gasteiger partial charge in [0.15, 0.2) is 11.5 Å². The van der Waals surface area contributed by atoms with Gasteiger partial charge in [-0.25, -0.2) is 9.50 Å². The van der Waals surface area contributed by atoms with E-state index >= 15 is 0 Å².